The van der Waals surface area contributed by atoms with E-state index in [1.54, 1.807) is 0 Å². The first-order chi connectivity index (χ1) is 6.22. The molecule has 1 aromatic rings. The number of nitrogens with one attached hydrogen (secondary N) is 1. The van der Waals surface area contributed by atoms with Gasteiger partial charge in [0.1, 0.15) is 5.82 Å². The van der Waals surface area contributed by atoms with Crippen LogP contribution >= 0.6 is 0 Å². The Hall–Kier alpha value is -0.960. The molecule has 0 unspecified atom stereocenters. The second kappa shape index (κ2) is 4.92. The SMILES string of the molecule is CNCc1nccc(CC(C)C)n1. The van der Waals surface area contributed by atoms with Crippen molar-refractivity contribution >= 4 is 0 Å². The molecule has 0 aliphatic rings. The lowest BCUT2D eigenvalue weighted by molar-refractivity contribution is 0.626. The van der Waals surface area contributed by atoms with E-state index in [0.29, 0.717) is 5.92 Å². The lowest BCUT2D eigenvalue weighted by Gasteiger charge is -2.05. The van der Waals surface area contributed by atoms with E-state index in [9.17, 15) is 0 Å². The van der Waals surface area contributed by atoms with Crippen LogP contribution in [0.25, 0.3) is 0 Å². The van der Waals surface area contributed by atoms with Gasteiger partial charge in [-0.15, -0.1) is 0 Å². The molecule has 0 fully saturated rings. The number of rotatable bonds is 4. The Morgan fingerprint density at radius 3 is 2.85 bits per heavy atom. The van der Waals surface area contributed by atoms with Crippen molar-refractivity contribution in [2.45, 2.75) is 26.8 Å². The summed E-state index contributed by atoms with van der Waals surface area (Å²) in [5, 5.41) is 3.04. The summed E-state index contributed by atoms with van der Waals surface area (Å²) in [6.45, 7) is 5.13. The van der Waals surface area contributed by atoms with Crippen molar-refractivity contribution in [1.29, 1.82) is 0 Å². The summed E-state index contributed by atoms with van der Waals surface area (Å²) in [6.07, 6.45) is 2.86. The van der Waals surface area contributed by atoms with Gasteiger partial charge >= 0.3 is 0 Å². The number of aromatic nitrogens is 2. The fourth-order valence-electron chi connectivity index (χ4n) is 1.22. The van der Waals surface area contributed by atoms with E-state index in [1.807, 2.05) is 19.3 Å². The van der Waals surface area contributed by atoms with Gasteiger partial charge in [0.15, 0.2) is 0 Å². The molecular formula is C10H17N3. The van der Waals surface area contributed by atoms with E-state index in [4.69, 9.17) is 0 Å². The van der Waals surface area contributed by atoms with E-state index < -0.39 is 0 Å². The molecule has 72 valence electrons. The summed E-state index contributed by atoms with van der Waals surface area (Å²) in [5.41, 5.74) is 1.13. The predicted molar refractivity (Wildman–Crippen MR) is 53.3 cm³/mol. The van der Waals surface area contributed by atoms with E-state index in [1.165, 1.54) is 0 Å². The molecule has 0 bridgehead atoms. The molecule has 0 saturated heterocycles. The van der Waals surface area contributed by atoms with Gasteiger partial charge in [0.2, 0.25) is 0 Å². The molecule has 0 aliphatic carbocycles. The van der Waals surface area contributed by atoms with Crippen molar-refractivity contribution in [2.75, 3.05) is 7.05 Å². The van der Waals surface area contributed by atoms with Crippen LogP contribution < -0.4 is 5.32 Å². The first-order valence-electron chi connectivity index (χ1n) is 4.67. The third-order valence-corrected chi connectivity index (χ3v) is 1.72. The standard InChI is InChI=1S/C10H17N3/c1-8(2)6-9-4-5-12-10(13-9)7-11-3/h4-5,8,11H,6-7H2,1-3H3. The highest BCUT2D eigenvalue weighted by molar-refractivity contribution is 5.02. The van der Waals surface area contributed by atoms with Crippen LogP contribution in [0.2, 0.25) is 0 Å². The Labute approximate surface area is 79.6 Å². The minimum absolute atomic E-state index is 0.650. The summed E-state index contributed by atoms with van der Waals surface area (Å²) in [6, 6.07) is 1.99. The zero-order valence-electron chi connectivity index (χ0n) is 8.54. The van der Waals surface area contributed by atoms with Crippen LogP contribution in [0.3, 0.4) is 0 Å². The maximum atomic E-state index is 4.43. The third-order valence-electron chi connectivity index (χ3n) is 1.72. The van der Waals surface area contributed by atoms with Crippen molar-refractivity contribution in [3.8, 4) is 0 Å². The third kappa shape index (κ3) is 3.51. The Kier molecular flexibility index (Phi) is 3.83. The van der Waals surface area contributed by atoms with Crippen LogP contribution in [-0.4, -0.2) is 17.0 Å². The summed E-state index contributed by atoms with van der Waals surface area (Å²) in [7, 11) is 1.90. The van der Waals surface area contributed by atoms with E-state index in [2.05, 4.69) is 29.1 Å². The van der Waals surface area contributed by atoms with Crippen LogP contribution in [-0.2, 0) is 13.0 Å². The Morgan fingerprint density at radius 2 is 2.23 bits per heavy atom. The summed E-state index contributed by atoms with van der Waals surface area (Å²) in [5.74, 6) is 1.53. The van der Waals surface area contributed by atoms with Crippen LogP contribution in [0.15, 0.2) is 12.3 Å². The van der Waals surface area contributed by atoms with Crippen LogP contribution in [0.4, 0.5) is 0 Å². The van der Waals surface area contributed by atoms with Crippen LogP contribution in [0.5, 0.6) is 0 Å². The number of nitrogens with zero attached hydrogens (tertiary/aromatic N) is 2. The molecule has 1 aromatic heterocycles. The summed E-state index contributed by atoms with van der Waals surface area (Å²) < 4.78 is 0. The van der Waals surface area contributed by atoms with Gasteiger partial charge in [0, 0.05) is 11.9 Å². The fourth-order valence-corrected chi connectivity index (χ4v) is 1.22. The van der Waals surface area contributed by atoms with Gasteiger partial charge in [-0.3, -0.25) is 0 Å². The molecule has 1 N–H and O–H groups in total. The van der Waals surface area contributed by atoms with Gasteiger partial charge in [-0.05, 0) is 25.5 Å². The smallest absolute Gasteiger partial charge is 0.142 e. The first kappa shape index (κ1) is 10.1. The molecule has 3 heteroatoms. The quantitative estimate of drug-likeness (QED) is 0.759. The molecule has 3 nitrogen and oxygen atoms in total. The van der Waals surface area contributed by atoms with Gasteiger partial charge in [-0.1, -0.05) is 13.8 Å². The highest BCUT2D eigenvalue weighted by atomic mass is 14.9. The molecule has 13 heavy (non-hydrogen) atoms. The summed E-state index contributed by atoms with van der Waals surface area (Å²) >= 11 is 0. The molecule has 0 atom stereocenters. The van der Waals surface area contributed by atoms with Crippen LogP contribution in [0.1, 0.15) is 25.4 Å². The van der Waals surface area contributed by atoms with Gasteiger partial charge in [0.25, 0.3) is 0 Å². The number of hydrogen-bond acceptors (Lipinski definition) is 3. The molecule has 0 saturated carbocycles. The highest BCUT2D eigenvalue weighted by Gasteiger charge is 2.00. The average Bonchev–Trinajstić information content (AvgIpc) is 2.04. The maximum absolute atomic E-state index is 4.43. The highest BCUT2D eigenvalue weighted by Crippen LogP contribution is 2.04. The lowest BCUT2D eigenvalue weighted by Crippen LogP contribution is -2.10. The second-order valence-electron chi connectivity index (χ2n) is 3.59. The second-order valence-corrected chi connectivity index (χ2v) is 3.59. The largest absolute Gasteiger partial charge is 0.313 e. The van der Waals surface area contributed by atoms with Gasteiger partial charge in [-0.2, -0.15) is 0 Å². The van der Waals surface area contributed by atoms with Gasteiger partial charge in [0.05, 0.1) is 6.54 Å². The Morgan fingerprint density at radius 1 is 1.46 bits per heavy atom. The first-order valence-corrected chi connectivity index (χ1v) is 4.67. The monoisotopic (exact) mass is 179 g/mol. The molecule has 0 amide bonds. The van der Waals surface area contributed by atoms with Crippen LogP contribution in [0, 0.1) is 5.92 Å². The van der Waals surface area contributed by atoms with E-state index in [-0.39, 0.29) is 0 Å². The van der Waals surface area contributed by atoms with Crippen molar-refractivity contribution in [2.24, 2.45) is 5.92 Å². The fraction of sp³-hybridized carbons (Fsp3) is 0.600. The number of hydrogen-bond donors (Lipinski definition) is 1. The molecule has 0 radical (unpaired) electrons. The lowest BCUT2D eigenvalue weighted by atomic mass is 10.1. The van der Waals surface area contributed by atoms with E-state index >= 15 is 0 Å². The molecule has 0 spiro atoms. The van der Waals surface area contributed by atoms with Crippen molar-refractivity contribution in [3.05, 3.63) is 23.8 Å². The van der Waals surface area contributed by atoms with Gasteiger partial charge < -0.3 is 5.32 Å². The molecular weight excluding hydrogens is 162 g/mol. The normalized spacial score (nSPS) is 10.8. The molecule has 0 aromatic carbocycles. The zero-order chi connectivity index (χ0) is 9.68. The Balaban J connectivity index is 2.67. The summed E-state index contributed by atoms with van der Waals surface area (Å²) in [4.78, 5) is 8.59. The minimum atomic E-state index is 0.650. The predicted octanol–water partition coefficient (Wildman–Crippen LogP) is 1.39. The van der Waals surface area contributed by atoms with Crippen molar-refractivity contribution < 1.29 is 0 Å². The van der Waals surface area contributed by atoms with Gasteiger partial charge in [-0.25, -0.2) is 9.97 Å². The molecule has 1 heterocycles. The Bertz CT molecular complexity index is 258. The average molecular weight is 179 g/mol. The molecule has 0 aliphatic heterocycles. The molecule has 1 rings (SSSR count). The van der Waals surface area contributed by atoms with E-state index in [0.717, 1.165) is 24.5 Å². The zero-order valence-corrected chi connectivity index (χ0v) is 8.54. The minimum Gasteiger partial charge on any atom is -0.313 e. The topological polar surface area (TPSA) is 37.8 Å². The maximum Gasteiger partial charge on any atom is 0.142 e. The van der Waals surface area contributed by atoms with Crippen molar-refractivity contribution in [1.82, 2.24) is 15.3 Å². The van der Waals surface area contributed by atoms with Crippen molar-refractivity contribution in [3.63, 3.8) is 0 Å².